The Labute approximate surface area is 204 Å². The Hall–Kier alpha value is -2.00. The number of nitrogens with zero attached hydrogens (tertiary/aromatic N) is 3. The monoisotopic (exact) mass is 507 g/mol. The molecule has 6 nitrogen and oxygen atoms in total. The summed E-state index contributed by atoms with van der Waals surface area (Å²) in [6, 6.07) is 9.82. The molecule has 0 bridgehead atoms. The van der Waals surface area contributed by atoms with Gasteiger partial charge in [-0.15, -0.1) is 0 Å². The Morgan fingerprint density at radius 2 is 1.67 bits per heavy atom. The predicted molar refractivity (Wildman–Crippen MR) is 135 cm³/mol. The zero-order chi connectivity index (χ0) is 24.2. The van der Waals surface area contributed by atoms with Gasteiger partial charge in [-0.1, -0.05) is 55.7 Å². The predicted octanol–water partition coefficient (Wildman–Crippen LogP) is 5.53. The van der Waals surface area contributed by atoms with E-state index in [1.54, 1.807) is 4.31 Å². The fraction of sp³-hybridized carbons (Fsp3) is 0.417. The molecule has 0 N–H and O–H groups in total. The van der Waals surface area contributed by atoms with Crippen LogP contribution in [0, 0.1) is 6.92 Å². The Morgan fingerprint density at radius 3 is 2.21 bits per heavy atom. The van der Waals surface area contributed by atoms with E-state index in [1.165, 1.54) is 35.6 Å². The number of halogens is 1. The van der Waals surface area contributed by atoms with E-state index >= 15 is 0 Å². The second kappa shape index (κ2) is 11.0. The lowest BCUT2D eigenvalue weighted by atomic mass is 10.2. The van der Waals surface area contributed by atoms with Crippen molar-refractivity contribution in [2.75, 3.05) is 13.1 Å². The molecule has 0 aliphatic heterocycles. The van der Waals surface area contributed by atoms with Crippen LogP contribution >= 0.6 is 22.9 Å². The molecule has 3 rings (SSSR count). The van der Waals surface area contributed by atoms with Crippen molar-refractivity contribution >= 4 is 49.1 Å². The number of carbonyl (C=O) groups excluding carboxylic acids is 1. The van der Waals surface area contributed by atoms with Crippen molar-refractivity contribution in [1.82, 2.24) is 8.87 Å². The van der Waals surface area contributed by atoms with Gasteiger partial charge < -0.3 is 4.57 Å². The molecule has 0 saturated carbocycles. The number of carbonyl (C=O) groups is 1. The molecule has 0 atom stereocenters. The summed E-state index contributed by atoms with van der Waals surface area (Å²) in [4.78, 5) is 17.8. The van der Waals surface area contributed by atoms with Crippen LogP contribution in [0.2, 0.25) is 5.02 Å². The van der Waals surface area contributed by atoms with Crippen molar-refractivity contribution in [3.05, 3.63) is 57.3 Å². The van der Waals surface area contributed by atoms with Gasteiger partial charge in [-0.25, -0.2) is 8.42 Å². The van der Waals surface area contributed by atoms with Crippen molar-refractivity contribution in [2.45, 2.75) is 51.3 Å². The molecular weight excluding hydrogens is 478 g/mol. The van der Waals surface area contributed by atoms with Gasteiger partial charge in [-0.2, -0.15) is 9.30 Å². The molecule has 3 aromatic rings. The minimum Gasteiger partial charge on any atom is -0.319 e. The highest BCUT2D eigenvalue weighted by Crippen LogP contribution is 2.28. The Morgan fingerprint density at radius 1 is 1.06 bits per heavy atom. The smallest absolute Gasteiger partial charge is 0.279 e. The van der Waals surface area contributed by atoms with E-state index in [0.29, 0.717) is 28.5 Å². The molecule has 0 spiro atoms. The summed E-state index contributed by atoms with van der Waals surface area (Å²) >= 11 is 7.68. The highest BCUT2D eigenvalue weighted by molar-refractivity contribution is 7.89. The van der Waals surface area contributed by atoms with Gasteiger partial charge in [-0.3, -0.25) is 4.79 Å². The van der Waals surface area contributed by atoms with Crippen molar-refractivity contribution in [1.29, 1.82) is 0 Å². The fourth-order valence-corrected chi connectivity index (χ4v) is 6.49. The van der Waals surface area contributed by atoms with Crippen molar-refractivity contribution in [3.63, 3.8) is 0 Å². The van der Waals surface area contributed by atoms with Crippen LogP contribution in [0.4, 0.5) is 0 Å². The van der Waals surface area contributed by atoms with Crippen LogP contribution in [0.3, 0.4) is 0 Å². The molecule has 2 aromatic carbocycles. The largest absolute Gasteiger partial charge is 0.319 e. The van der Waals surface area contributed by atoms with Gasteiger partial charge in [0.2, 0.25) is 10.0 Å². The van der Waals surface area contributed by atoms with Crippen LogP contribution in [0.5, 0.6) is 0 Å². The maximum atomic E-state index is 13.1. The molecule has 178 valence electrons. The van der Waals surface area contributed by atoms with Crippen LogP contribution < -0.4 is 4.80 Å². The molecule has 33 heavy (non-hydrogen) atoms. The molecule has 9 heteroatoms. The number of aryl methyl sites for hydroxylation is 2. The highest BCUT2D eigenvalue weighted by Gasteiger charge is 2.23. The third kappa shape index (κ3) is 5.57. The number of hydrogen-bond acceptors (Lipinski definition) is 4. The fourth-order valence-electron chi connectivity index (χ4n) is 3.60. The van der Waals surface area contributed by atoms with Gasteiger partial charge >= 0.3 is 0 Å². The first-order valence-electron chi connectivity index (χ1n) is 11.1. The van der Waals surface area contributed by atoms with E-state index < -0.39 is 15.9 Å². The molecule has 0 unspecified atom stereocenters. The standard InChI is InChI=1S/C24H30ClN3O3S2/c1-5-7-15-28(16-8-6-2)33(30,31)19-12-10-18(11-13-19)23(29)26-24-27(4)21-17(3)9-14-20(25)22(21)32-24/h9-14H,5-8,15-16H2,1-4H3. The van der Waals surface area contributed by atoms with E-state index in [2.05, 4.69) is 4.99 Å². The van der Waals surface area contributed by atoms with Crippen molar-refractivity contribution in [3.8, 4) is 0 Å². The van der Waals surface area contributed by atoms with Crippen LogP contribution in [0.25, 0.3) is 10.2 Å². The van der Waals surface area contributed by atoms with Gasteiger partial charge in [0.25, 0.3) is 5.91 Å². The normalized spacial score (nSPS) is 12.7. The van der Waals surface area contributed by atoms with Crippen molar-refractivity contribution < 1.29 is 13.2 Å². The minimum absolute atomic E-state index is 0.195. The number of aromatic nitrogens is 1. The molecule has 0 aliphatic carbocycles. The lowest BCUT2D eigenvalue weighted by Gasteiger charge is -2.22. The average molecular weight is 508 g/mol. The Kier molecular flexibility index (Phi) is 8.50. The van der Waals surface area contributed by atoms with E-state index in [-0.39, 0.29) is 4.90 Å². The van der Waals surface area contributed by atoms with Crippen LogP contribution in [0.1, 0.15) is 55.5 Å². The number of benzene rings is 2. The third-order valence-electron chi connectivity index (χ3n) is 5.56. The Balaban J connectivity index is 1.90. The van der Waals surface area contributed by atoms with Gasteiger partial charge in [0.05, 0.1) is 20.1 Å². The van der Waals surface area contributed by atoms with E-state index in [0.717, 1.165) is 41.5 Å². The zero-order valence-electron chi connectivity index (χ0n) is 19.5. The van der Waals surface area contributed by atoms with Gasteiger partial charge in [0.1, 0.15) is 0 Å². The maximum absolute atomic E-state index is 13.1. The van der Waals surface area contributed by atoms with E-state index in [9.17, 15) is 13.2 Å². The zero-order valence-corrected chi connectivity index (χ0v) is 21.9. The first kappa shape index (κ1) is 25.6. The number of unbranched alkanes of at least 4 members (excludes halogenated alkanes) is 2. The molecule has 0 fully saturated rings. The Bertz CT molecular complexity index is 1300. The molecule has 0 aliphatic rings. The quantitative estimate of drug-likeness (QED) is 0.382. The SMILES string of the molecule is CCCCN(CCCC)S(=O)(=O)c1ccc(C(=O)N=c2sc3c(Cl)ccc(C)c3n2C)cc1. The van der Waals surface area contributed by atoms with Crippen LogP contribution in [-0.4, -0.2) is 36.3 Å². The topological polar surface area (TPSA) is 71.7 Å². The van der Waals surface area contributed by atoms with Crippen LogP contribution in [0.15, 0.2) is 46.3 Å². The number of amides is 1. The third-order valence-corrected chi connectivity index (χ3v) is 9.06. The van der Waals surface area contributed by atoms with Gasteiger partial charge in [0, 0.05) is 25.7 Å². The average Bonchev–Trinajstić information content (AvgIpc) is 3.13. The number of sulfonamides is 1. The first-order valence-corrected chi connectivity index (χ1v) is 13.8. The summed E-state index contributed by atoms with van der Waals surface area (Å²) in [5.74, 6) is -0.427. The van der Waals surface area contributed by atoms with Crippen LogP contribution in [-0.2, 0) is 17.1 Å². The molecule has 0 radical (unpaired) electrons. The highest BCUT2D eigenvalue weighted by atomic mass is 35.5. The molecule has 1 amide bonds. The number of thiazole rings is 1. The van der Waals surface area contributed by atoms with E-state index in [4.69, 9.17) is 11.6 Å². The summed E-state index contributed by atoms with van der Waals surface area (Å²) in [5.41, 5.74) is 2.33. The van der Waals surface area contributed by atoms with E-state index in [1.807, 2.05) is 44.5 Å². The molecular formula is C24H30ClN3O3S2. The number of hydrogen-bond donors (Lipinski definition) is 0. The van der Waals surface area contributed by atoms with Crippen molar-refractivity contribution in [2.24, 2.45) is 12.0 Å². The second-order valence-electron chi connectivity index (χ2n) is 8.04. The first-order chi connectivity index (χ1) is 15.7. The van der Waals surface area contributed by atoms with Gasteiger partial charge in [0.15, 0.2) is 4.80 Å². The number of fused-ring (bicyclic) bond motifs is 1. The maximum Gasteiger partial charge on any atom is 0.279 e. The van der Waals surface area contributed by atoms with Gasteiger partial charge in [-0.05, 0) is 55.7 Å². The summed E-state index contributed by atoms with van der Waals surface area (Å²) in [7, 11) is -1.75. The number of rotatable bonds is 9. The summed E-state index contributed by atoms with van der Waals surface area (Å²) < 4.78 is 30.5. The summed E-state index contributed by atoms with van der Waals surface area (Å²) in [6.45, 7) is 7.07. The lowest BCUT2D eigenvalue weighted by Crippen LogP contribution is -2.33. The minimum atomic E-state index is -3.61. The second-order valence-corrected chi connectivity index (χ2v) is 11.4. The molecule has 1 aromatic heterocycles. The summed E-state index contributed by atoms with van der Waals surface area (Å²) in [6.07, 6.45) is 3.47. The molecule has 1 heterocycles. The summed E-state index contributed by atoms with van der Waals surface area (Å²) in [5, 5.41) is 0.621. The molecule has 0 saturated heterocycles. The lowest BCUT2D eigenvalue weighted by molar-refractivity contribution is 0.0998.